The molecule has 2 aromatic rings. The van der Waals surface area contributed by atoms with Crippen molar-refractivity contribution in [1.82, 2.24) is 20.0 Å². The maximum Gasteiger partial charge on any atom is 0.410 e. The molecule has 1 aliphatic rings. The fourth-order valence-corrected chi connectivity index (χ4v) is 3.71. The number of aldehydes is 1. The monoisotopic (exact) mass is 457 g/mol. The Morgan fingerprint density at radius 3 is 2.52 bits per heavy atom. The van der Waals surface area contributed by atoms with E-state index in [0.717, 1.165) is 10.4 Å². The lowest BCUT2D eigenvalue weighted by Gasteiger charge is -2.36. The third kappa shape index (κ3) is 5.88. The van der Waals surface area contributed by atoms with E-state index in [1.165, 1.54) is 7.05 Å². The maximum absolute atomic E-state index is 12.9. The number of carbonyl (C=O) groups is 3. The highest BCUT2D eigenvalue weighted by atomic mass is 16.6. The highest BCUT2D eigenvalue weighted by Crippen LogP contribution is 2.22. The van der Waals surface area contributed by atoms with Crippen LogP contribution in [0.25, 0.3) is 10.8 Å². The predicted octanol–water partition coefficient (Wildman–Crippen LogP) is 1.72. The largest absolute Gasteiger partial charge is 0.444 e. The molecule has 2 amide bonds. The van der Waals surface area contributed by atoms with Crippen molar-refractivity contribution in [2.24, 2.45) is 0 Å². The fourth-order valence-electron chi connectivity index (χ4n) is 3.71. The molecule has 3 rings (SSSR count). The minimum absolute atomic E-state index is 0.125. The highest BCUT2D eigenvalue weighted by molar-refractivity contribution is 5.84. The SMILES string of the molecule is CNC(=O)CCC(C=O)n1ncc2cc(N3CCN(C(=O)OC(C)(C)C)CC3)ccc2c1=O. The fraction of sp³-hybridized carbons (Fsp3) is 0.522. The highest BCUT2D eigenvalue weighted by Gasteiger charge is 2.26. The van der Waals surface area contributed by atoms with Gasteiger partial charge in [-0.2, -0.15) is 5.10 Å². The number of nitrogens with zero attached hydrogens (tertiary/aromatic N) is 4. The minimum Gasteiger partial charge on any atom is -0.444 e. The van der Waals surface area contributed by atoms with Gasteiger partial charge in [0.25, 0.3) is 5.56 Å². The van der Waals surface area contributed by atoms with E-state index in [4.69, 9.17) is 4.74 Å². The van der Waals surface area contributed by atoms with Crippen LogP contribution >= 0.6 is 0 Å². The molecule has 1 aliphatic heterocycles. The molecule has 33 heavy (non-hydrogen) atoms. The first kappa shape index (κ1) is 24.2. The van der Waals surface area contributed by atoms with Gasteiger partial charge in [-0.3, -0.25) is 9.59 Å². The maximum atomic E-state index is 12.9. The number of piperazine rings is 1. The second kappa shape index (κ2) is 10.0. The molecule has 1 N–H and O–H groups in total. The third-order valence-electron chi connectivity index (χ3n) is 5.51. The predicted molar refractivity (Wildman–Crippen MR) is 124 cm³/mol. The summed E-state index contributed by atoms with van der Waals surface area (Å²) >= 11 is 0. The van der Waals surface area contributed by atoms with Gasteiger partial charge in [-0.15, -0.1) is 0 Å². The standard InChI is InChI=1S/C23H31N5O5/c1-23(2,3)33-22(32)27-11-9-26(10-12-27)17-5-7-19-16(13-17)14-25-28(21(19)31)18(15-29)6-8-20(30)24-4/h5,7,13-15,18H,6,8-12H2,1-4H3,(H,24,30). The molecule has 0 aliphatic carbocycles. The van der Waals surface area contributed by atoms with Gasteiger partial charge in [-0.25, -0.2) is 9.48 Å². The van der Waals surface area contributed by atoms with Crippen molar-refractivity contribution in [2.75, 3.05) is 38.1 Å². The summed E-state index contributed by atoms with van der Waals surface area (Å²) < 4.78 is 6.58. The van der Waals surface area contributed by atoms with Gasteiger partial charge in [0.15, 0.2) is 0 Å². The molecule has 178 valence electrons. The number of nitrogens with one attached hydrogen (secondary N) is 1. The number of ether oxygens (including phenoxy) is 1. The van der Waals surface area contributed by atoms with E-state index in [0.29, 0.717) is 43.2 Å². The van der Waals surface area contributed by atoms with Crippen LogP contribution in [0, 0.1) is 0 Å². The Balaban J connectivity index is 1.73. The first-order valence-electron chi connectivity index (χ1n) is 11.0. The molecule has 2 heterocycles. The van der Waals surface area contributed by atoms with Crippen molar-refractivity contribution in [2.45, 2.75) is 45.3 Å². The van der Waals surface area contributed by atoms with E-state index in [-0.39, 0.29) is 30.4 Å². The third-order valence-corrected chi connectivity index (χ3v) is 5.51. The lowest BCUT2D eigenvalue weighted by atomic mass is 10.1. The number of aromatic nitrogens is 2. The summed E-state index contributed by atoms with van der Waals surface area (Å²) in [5, 5.41) is 7.81. The number of hydrogen-bond acceptors (Lipinski definition) is 7. The van der Waals surface area contributed by atoms with Crippen molar-refractivity contribution >= 4 is 34.7 Å². The second-order valence-corrected chi connectivity index (χ2v) is 9.04. The van der Waals surface area contributed by atoms with Gasteiger partial charge in [0.05, 0.1) is 11.6 Å². The number of hydrogen-bond donors (Lipinski definition) is 1. The van der Waals surface area contributed by atoms with Crippen LogP contribution in [-0.2, 0) is 14.3 Å². The van der Waals surface area contributed by atoms with Gasteiger partial charge >= 0.3 is 6.09 Å². The summed E-state index contributed by atoms with van der Waals surface area (Å²) in [4.78, 5) is 52.1. The summed E-state index contributed by atoms with van der Waals surface area (Å²) in [7, 11) is 1.52. The normalized spacial score (nSPS) is 15.3. The molecule has 0 radical (unpaired) electrons. The number of rotatable bonds is 6. The Kier molecular flexibility index (Phi) is 7.35. The quantitative estimate of drug-likeness (QED) is 0.657. The Bertz CT molecular complexity index is 1080. The van der Waals surface area contributed by atoms with Crippen LogP contribution in [0.4, 0.5) is 10.5 Å². The minimum atomic E-state index is -0.806. The van der Waals surface area contributed by atoms with Crippen molar-refractivity contribution in [3.8, 4) is 0 Å². The molecule has 1 unspecified atom stereocenters. The van der Waals surface area contributed by atoms with Gasteiger partial charge in [0, 0.05) is 50.7 Å². The van der Waals surface area contributed by atoms with Crippen LogP contribution in [0.3, 0.4) is 0 Å². The topological polar surface area (TPSA) is 114 Å². The van der Waals surface area contributed by atoms with E-state index in [2.05, 4.69) is 15.3 Å². The average molecular weight is 458 g/mol. The summed E-state index contributed by atoms with van der Waals surface area (Å²) in [6.07, 6.45) is 2.21. The lowest BCUT2D eigenvalue weighted by Crippen LogP contribution is -2.50. The molecule has 1 saturated heterocycles. The average Bonchev–Trinajstić information content (AvgIpc) is 2.79. The van der Waals surface area contributed by atoms with E-state index in [9.17, 15) is 19.2 Å². The number of carbonyl (C=O) groups excluding carboxylic acids is 3. The zero-order chi connectivity index (χ0) is 24.2. The molecule has 1 aromatic carbocycles. The summed E-state index contributed by atoms with van der Waals surface area (Å²) in [6, 6.07) is 4.67. The van der Waals surface area contributed by atoms with Crippen LogP contribution in [0.1, 0.15) is 39.7 Å². The number of fused-ring (bicyclic) bond motifs is 1. The zero-order valence-electron chi connectivity index (χ0n) is 19.5. The van der Waals surface area contributed by atoms with Gasteiger partial charge in [0.1, 0.15) is 17.9 Å². The first-order valence-corrected chi connectivity index (χ1v) is 11.0. The number of benzene rings is 1. The van der Waals surface area contributed by atoms with Crippen molar-refractivity contribution in [1.29, 1.82) is 0 Å². The molecule has 1 fully saturated rings. The van der Waals surface area contributed by atoms with E-state index in [1.54, 1.807) is 17.2 Å². The Morgan fingerprint density at radius 1 is 1.21 bits per heavy atom. The number of amides is 2. The zero-order valence-corrected chi connectivity index (χ0v) is 19.5. The van der Waals surface area contributed by atoms with E-state index < -0.39 is 11.6 Å². The van der Waals surface area contributed by atoms with Crippen LogP contribution in [0.5, 0.6) is 0 Å². The molecule has 0 saturated carbocycles. The second-order valence-electron chi connectivity index (χ2n) is 9.04. The molecule has 10 heteroatoms. The van der Waals surface area contributed by atoms with E-state index >= 15 is 0 Å². The van der Waals surface area contributed by atoms with Gasteiger partial charge in [-0.05, 0) is 45.4 Å². The van der Waals surface area contributed by atoms with Crippen LogP contribution in [0.2, 0.25) is 0 Å². The van der Waals surface area contributed by atoms with Gasteiger partial charge in [0.2, 0.25) is 5.91 Å². The molecular formula is C23H31N5O5. The Hall–Kier alpha value is -3.43. The smallest absolute Gasteiger partial charge is 0.410 e. The molecule has 1 aromatic heterocycles. The van der Waals surface area contributed by atoms with Gasteiger partial charge < -0.3 is 24.6 Å². The Morgan fingerprint density at radius 2 is 1.91 bits per heavy atom. The van der Waals surface area contributed by atoms with Crippen molar-refractivity contribution in [3.63, 3.8) is 0 Å². The molecule has 1 atom stereocenters. The summed E-state index contributed by atoms with van der Waals surface area (Å²) in [6.45, 7) is 7.90. The molecule has 0 spiro atoms. The van der Waals surface area contributed by atoms with Crippen LogP contribution in [-0.4, -0.2) is 71.8 Å². The number of anilines is 1. The first-order chi connectivity index (χ1) is 15.6. The van der Waals surface area contributed by atoms with Gasteiger partial charge in [-0.1, -0.05) is 0 Å². The molecular weight excluding hydrogens is 426 g/mol. The van der Waals surface area contributed by atoms with E-state index in [1.807, 2.05) is 32.9 Å². The van der Waals surface area contributed by atoms with Crippen LogP contribution in [0.15, 0.2) is 29.2 Å². The Labute approximate surface area is 192 Å². The lowest BCUT2D eigenvalue weighted by molar-refractivity contribution is -0.121. The summed E-state index contributed by atoms with van der Waals surface area (Å²) in [5.74, 6) is -0.202. The summed E-state index contributed by atoms with van der Waals surface area (Å²) in [5.41, 5.74) is 0.0252. The molecule has 10 nitrogen and oxygen atoms in total. The molecule has 0 bridgehead atoms. The van der Waals surface area contributed by atoms with Crippen molar-refractivity contribution in [3.05, 3.63) is 34.7 Å². The van der Waals surface area contributed by atoms with Crippen molar-refractivity contribution < 1.29 is 19.1 Å². The van der Waals surface area contributed by atoms with Crippen LogP contribution < -0.4 is 15.8 Å².